The SMILES string of the molecule is Cc1csc(CNC(=O)c2cc(Cl)ccn2)n1. The maximum atomic E-state index is 11.7. The Labute approximate surface area is 108 Å². The van der Waals surface area contributed by atoms with Gasteiger partial charge in [-0.2, -0.15) is 0 Å². The Morgan fingerprint density at radius 3 is 3.06 bits per heavy atom. The van der Waals surface area contributed by atoms with Crippen molar-refractivity contribution in [3.63, 3.8) is 0 Å². The number of halogens is 1. The maximum Gasteiger partial charge on any atom is 0.270 e. The molecule has 2 heterocycles. The van der Waals surface area contributed by atoms with Gasteiger partial charge in [-0.15, -0.1) is 11.3 Å². The molecule has 0 aromatic carbocycles. The van der Waals surface area contributed by atoms with Crippen LogP contribution in [0, 0.1) is 6.92 Å². The standard InChI is InChI=1S/C11H10ClN3OS/c1-7-6-17-10(15-7)5-14-11(16)9-4-8(12)2-3-13-9/h2-4,6H,5H2,1H3,(H,14,16). The monoisotopic (exact) mass is 267 g/mol. The van der Waals surface area contributed by atoms with Crippen LogP contribution in [0.3, 0.4) is 0 Å². The number of nitrogens with zero attached hydrogens (tertiary/aromatic N) is 2. The molecule has 1 amide bonds. The van der Waals surface area contributed by atoms with Gasteiger partial charge in [-0.05, 0) is 19.1 Å². The molecule has 2 rings (SSSR count). The molecular formula is C11H10ClN3OS. The molecule has 0 aliphatic rings. The molecule has 6 heteroatoms. The second kappa shape index (κ2) is 5.25. The van der Waals surface area contributed by atoms with Crippen LogP contribution in [0.4, 0.5) is 0 Å². The van der Waals surface area contributed by atoms with Crippen LogP contribution in [0.25, 0.3) is 0 Å². The molecule has 2 aromatic heterocycles. The number of nitrogens with one attached hydrogen (secondary N) is 1. The van der Waals surface area contributed by atoms with Gasteiger partial charge in [-0.1, -0.05) is 11.6 Å². The lowest BCUT2D eigenvalue weighted by Crippen LogP contribution is -2.23. The van der Waals surface area contributed by atoms with E-state index in [4.69, 9.17) is 11.6 Å². The predicted molar refractivity (Wildman–Crippen MR) is 67.3 cm³/mol. The van der Waals surface area contributed by atoms with Crippen LogP contribution < -0.4 is 5.32 Å². The summed E-state index contributed by atoms with van der Waals surface area (Å²) in [6, 6.07) is 3.16. The Hall–Kier alpha value is -1.46. The summed E-state index contributed by atoms with van der Waals surface area (Å²) in [5.74, 6) is -0.250. The van der Waals surface area contributed by atoms with Gasteiger partial charge in [0.1, 0.15) is 10.7 Å². The zero-order valence-electron chi connectivity index (χ0n) is 9.11. The number of hydrogen-bond acceptors (Lipinski definition) is 4. The fraction of sp³-hybridized carbons (Fsp3) is 0.182. The van der Waals surface area contributed by atoms with Gasteiger partial charge in [-0.25, -0.2) is 4.98 Å². The van der Waals surface area contributed by atoms with E-state index in [1.54, 1.807) is 6.07 Å². The van der Waals surface area contributed by atoms with E-state index in [1.807, 2.05) is 12.3 Å². The first-order valence-corrected chi connectivity index (χ1v) is 6.21. The van der Waals surface area contributed by atoms with E-state index in [2.05, 4.69) is 15.3 Å². The first kappa shape index (κ1) is 12.0. The number of amides is 1. The minimum Gasteiger partial charge on any atom is -0.344 e. The number of aromatic nitrogens is 2. The molecule has 0 spiro atoms. The lowest BCUT2D eigenvalue weighted by atomic mass is 10.3. The van der Waals surface area contributed by atoms with Crippen molar-refractivity contribution in [1.82, 2.24) is 15.3 Å². The molecule has 0 aliphatic carbocycles. The highest BCUT2D eigenvalue weighted by Crippen LogP contribution is 2.10. The summed E-state index contributed by atoms with van der Waals surface area (Å²) in [7, 11) is 0. The highest BCUT2D eigenvalue weighted by atomic mass is 35.5. The van der Waals surface area contributed by atoms with E-state index in [0.717, 1.165) is 10.7 Å². The number of hydrogen-bond donors (Lipinski definition) is 1. The van der Waals surface area contributed by atoms with Crippen molar-refractivity contribution in [3.8, 4) is 0 Å². The van der Waals surface area contributed by atoms with Crippen molar-refractivity contribution in [3.05, 3.63) is 45.1 Å². The number of aryl methyl sites for hydroxylation is 1. The van der Waals surface area contributed by atoms with Crippen LogP contribution >= 0.6 is 22.9 Å². The van der Waals surface area contributed by atoms with Crippen molar-refractivity contribution < 1.29 is 4.79 Å². The van der Waals surface area contributed by atoms with Crippen molar-refractivity contribution in [2.75, 3.05) is 0 Å². The molecule has 0 atom stereocenters. The zero-order chi connectivity index (χ0) is 12.3. The van der Waals surface area contributed by atoms with E-state index in [1.165, 1.54) is 23.6 Å². The fourth-order valence-electron chi connectivity index (χ4n) is 1.26. The lowest BCUT2D eigenvalue weighted by Gasteiger charge is -2.02. The summed E-state index contributed by atoms with van der Waals surface area (Å²) in [5.41, 5.74) is 1.27. The smallest absolute Gasteiger partial charge is 0.270 e. The Bertz CT molecular complexity index is 541. The Morgan fingerprint density at radius 2 is 2.41 bits per heavy atom. The fourth-order valence-corrected chi connectivity index (χ4v) is 2.13. The zero-order valence-corrected chi connectivity index (χ0v) is 10.7. The van der Waals surface area contributed by atoms with Crippen LogP contribution in [0.5, 0.6) is 0 Å². The molecule has 0 aliphatic heterocycles. The molecule has 0 bridgehead atoms. The van der Waals surface area contributed by atoms with Crippen molar-refractivity contribution >= 4 is 28.8 Å². The van der Waals surface area contributed by atoms with E-state index < -0.39 is 0 Å². The molecule has 0 saturated carbocycles. The van der Waals surface area contributed by atoms with Crippen LogP contribution in [-0.4, -0.2) is 15.9 Å². The van der Waals surface area contributed by atoms with E-state index in [0.29, 0.717) is 17.3 Å². The van der Waals surface area contributed by atoms with Crippen LogP contribution in [0.1, 0.15) is 21.2 Å². The quantitative estimate of drug-likeness (QED) is 0.929. The summed E-state index contributed by atoms with van der Waals surface area (Å²) < 4.78 is 0. The molecule has 2 aromatic rings. The van der Waals surface area contributed by atoms with Crippen molar-refractivity contribution in [1.29, 1.82) is 0 Å². The average Bonchev–Trinajstić information content (AvgIpc) is 2.72. The second-order valence-electron chi connectivity index (χ2n) is 3.42. The summed E-state index contributed by atoms with van der Waals surface area (Å²) in [5, 5.41) is 6.06. The summed E-state index contributed by atoms with van der Waals surface area (Å²) in [4.78, 5) is 19.9. The highest BCUT2D eigenvalue weighted by Gasteiger charge is 2.08. The first-order chi connectivity index (χ1) is 8.15. The Morgan fingerprint density at radius 1 is 1.59 bits per heavy atom. The molecule has 0 radical (unpaired) electrons. The predicted octanol–water partition coefficient (Wildman–Crippen LogP) is 2.43. The van der Waals surface area contributed by atoms with Gasteiger partial charge in [0.25, 0.3) is 5.91 Å². The molecule has 1 N–H and O–H groups in total. The van der Waals surface area contributed by atoms with Gasteiger partial charge in [-0.3, -0.25) is 9.78 Å². The van der Waals surface area contributed by atoms with Crippen molar-refractivity contribution in [2.24, 2.45) is 0 Å². The van der Waals surface area contributed by atoms with E-state index in [-0.39, 0.29) is 5.91 Å². The van der Waals surface area contributed by atoms with Gasteiger partial charge in [0, 0.05) is 22.3 Å². The molecule has 4 nitrogen and oxygen atoms in total. The average molecular weight is 268 g/mol. The third-order valence-electron chi connectivity index (χ3n) is 2.02. The lowest BCUT2D eigenvalue weighted by molar-refractivity contribution is 0.0946. The third-order valence-corrected chi connectivity index (χ3v) is 3.22. The number of carbonyl (C=O) groups is 1. The van der Waals surface area contributed by atoms with Gasteiger partial charge < -0.3 is 5.32 Å². The molecule has 0 saturated heterocycles. The first-order valence-electron chi connectivity index (χ1n) is 4.96. The van der Waals surface area contributed by atoms with Crippen molar-refractivity contribution in [2.45, 2.75) is 13.5 Å². The third kappa shape index (κ3) is 3.25. The largest absolute Gasteiger partial charge is 0.344 e. The van der Waals surface area contributed by atoms with E-state index >= 15 is 0 Å². The number of rotatable bonds is 3. The number of pyridine rings is 1. The molecule has 17 heavy (non-hydrogen) atoms. The molecular weight excluding hydrogens is 258 g/mol. The normalized spacial score (nSPS) is 10.2. The van der Waals surface area contributed by atoms with E-state index in [9.17, 15) is 4.79 Å². The summed E-state index contributed by atoms with van der Waals surface area (Å²) in [6.07, 6.45) is 1.50. The Balaban J connectivity index is 1.98. The Kier molecular flexibility index (Phi) is 3.71. The van der Waals surface area contributed by atoms with Gasteiger partial charge in [0.2, 0.25) is 0 Å². The van der Waals surface area contributed by atoms with Gasteiger partial charge in [0.05, 0.1) is 6.54 Å². The minimum absolute atomic E-state index is 0.250. The summed E-state index contributed by atoms with van der Waals surface area (Å²) >= 11 is 7.30. The van der Waals surface area contributed by atoms with Crippen LogP contribution in [0.15, 0.2) is 23.7 Å². The van der Waals surface area contributed by atoms with Crippen LogP contribution in [0.2, 0.25) is 5.02 Å². The second-order valence-corrected chi connectivity index (χ2v) is 4.80. The van der Waals surface area contributed by atoms with Gasteiger partial charge >= 0.3 is 0 Å². The number of carbonyl (C=O) groups excluding carboxylic acids is 1. The molecule has 0 fully saturated rings. The number of thiazole rings is 1. The minimum atomic E-state index is -0.250. The van der Waals surface area contributed by atoms with Gasteiger partial charge in [0.15, 0.2) is 0 Å². The van der Waals surface area contributed by atoms with Crippen LogP contribution in [-0.2, 0) is 6.54 Å². The topological polar surface area (TPSA) is 54.9 Å². The maximum absolute atomic E-state index is 11.7. The molecule has 88 valence electrons. The highest BCUT2D eigenvalue weighted by molar-refractivity contribution is 7.09. The molecule has 0 unspecified atom stereocenters. The summed E-state index contributed by atoms with van der Waals surface area (Å²) in [6.45, 7) is 2.33.